The van der Waals surface area contributed by atoms with E-state index < -0.39 is 0 Å². The van der Waals surface area contributed by atoms with Gasteiger partial charge < -0.3 is 14.8 Å². The molecule has 1 aromatic heterocycles. The Morgan fingerprint density at radius 3 is 2.83 bits per heavy atom. The van der Waals surface area contributed by atoms with E-state index in [0.717, 1.165) is 0 Å². The van der Waals surface area contributed by atoms with Gasteiger partial charge in [-0.15, -0.1) is 0 Å². The van der Waals surface area contributed by atoms with Crippen LogP contribution < -0.4 is 5.32 Å². The summed E-state index contributed by atoms with van der Waals surface area (Å²) in [6, 6.07) is 5.75. The molecule has 1 heterocycles. The molecule has 6 heteroatoms. The maximum atomic E-state index is 12.9. The number of aromatic nitrogens is 1. The summed E-state index contributed by atoms with van der Waals surface area (Å²) in [6.07, 6.45) is 6.05. The molecule has 23 heavy (non-hydrogen) atoms. The van der Waals surface area contributed by atoms with Crippen LogP contribution in [0, 0.1) is 11.7 Å². The van der Waals surface area contributed by atoms with E-state index >= 15 is 0 Å². The lowest BCUT2D eigenvalue weighted by atomic mass is 10.1. The van der Waals surface area contributed by atoms with Crippen LogP contribution in [0.5, 0.6) is 0 Å². The Bertz CT molecular complexity index is 709. The quantitative estimate of drug-likeness (QED) is 0.828. The van der Waals surface area contributed by atoms with Crippen LogP contribution in [0.4, 0.5) is 4.39 Å². The van der Waals surface area contributed by atoms with Gasteiger partial charge in [0.15, 0.2) is 0 Å². The number of carbonyl (C=O) groups excluding carboxylic acids is 1. The number of carbonyl (C=O) groups is 1. The van der Waals surface area contributed by atoms with E-state index in [2.05, 4.69) is 10.3 Å². The van der Waals surface area contributed by atoms with Crippen molar-refractivity contribution in [2.75, 3.05) is 6.61 Å². The zero-order valence-electron chi connectivity index (χ0n) is 12.4. The molecule has 0 saturated heterocycles. The molecule has 0 fully saturated rings. The molecule has 2 N–H and O–H groups in total. The third-order valence-corrected chi connectivity index (χ3v) is 3.74. The van der Waals surface area contributed by atoms with Crippen LogP contribution in [-0.4, -0.2) is 28.6 Å². The lowest BCUT2D eigenvalue weighted by Crippen LogP contribution is -2.34. The van der Waals surface area contributed by atoms with E-state index in [1.54, 1.807) is 12.1 Å². The highest BCUT2D eigenvalue weighted by Gasteiger charge is 2.20. The summed E-state index contributed by atoms with van der Waals surface area (Å²) in [6.45, 7) is 0.0905. The Morgan fingerprint density at radius 1 is 1.35 bits per heavy atom. The number of oxazole rings is 1. The Kier molecular flexibility index (Phi) is 4.52. The number of aliphatic hydroxyl groups excluding tert-OH is 1. The highest BCUT2D eigenvalue weighted by atomic mass is 19.1. The van der Waals surface area contributed by atoms with Crippen LogP contribution in [0.3, 0.4) is 0 Å². The molecule has 1 aliphatic rings. The molecule has 0 unspecified atom stereocenters. The van der Waals surface area contributed by atoms with Crippen LogP contribution in [0.1, 0.15) is 12.1 Å². The number of nitrogens with one attached hydrogen (secondary N) is 1. The van der Waals surface area contributed by atoms with Crippen LogP contribution >= 0.6 is 0 Å². The van der Waals surface area contributed by atoms with Gasteiger partial charge in [0.2, 0.25) is 11.8 Å². The average Bonchev–Trinajstić information content (AvgIpc) is 3.17. The van der Waals surface area contributed by atoms with Crippen LogP contribution in [0.15, 0.2) is 47.1 Å². The number of hydrogen-bond donors (Lipinski definition) is 2. The number of rotatable bonds is 5. The average molecular weight is 316 g/mol. The summed E-state index contributed by atoms with van der Waals surface area (Å²) in [5.74, 6) is -0.0192. The number of amides is 1. The fourth-order valence-corrected chi connectivity index (χ4v) is 2.55. The first-order chi connectivity index (χ1) is 11.1. The van der Waals surface area contributed by atoms with Gasteiger partial charge in [-0.25, -0.2) is 9.37 Å². The molecule has 5 nitrogen and oxygen atoms in total. The largest absolute Gasteiger partial charge is 0.444 e. The molecule has 0 saturated carbocycles. The SMILES string of the molecule is O=C(Cc1coc(-c2ccc(F)cc2)n1)N[C@@H]1C=C[C@H](CO)C1. The van der Waals surface area contributed by atoms with Crippen molar-refractivity contribution in [2.45, 2.75) is 18.9 Å². The van der Waals surface area contributed by atoms with Crippen molar-refractivity contribution in [3.05, 3.63) is 54.2 Å². The van der Waals surface area contributed by atoms with Crippen LogP contribution in [0.2, 0.25) is 0 Å². The van der Waals surface area contributed by atoms with Gasteiger partial charge in [0.1, 0.15) is 12.1 Å². The second-order valence-electron chi connectivity index (χ2n) is 5.56. The maximum absolute atomic E-state index is 12.9. The fraction of sp³-hybridized carbons (Fsp3) is 0.294. The predicted molar refractivity (Wildman–Crippen MR) is 81.9 cm³/mol. The summed E-state index contributed by atoms with van der Waals surface area (Å²) < 4.78 is 18.2. The van der Waals surface area contributed by atoms with E-state index in [1.165, 1.54) is 18.4 Å². The van der Waals surface area contributed by atoms with E-state index in [9.17, 15) is 9.18 Å². The number of nitrogens with zero attached hydrogens (tertiary/aromatic N) is 1. The van der Waals surface area contributed by atoms with E-state index in [-0.39, 0.29) is 36.7 Å². The Labute approximate surface area is 132 Å². The van der Waals surface area contributed by atoms with Crippen molar-refractivity contribution in [3.63, 3.8) is 0 Å². The number of hydrogen-bond acceptors (Lipinski definition) is 4. The second-order valence-corrected chi connectivity index (χ2v) is 5.56. The molecule has 0 aliphatic heterocycles. The minimum absolute atomic E-state index is 0.0527. The molecule has 1 amide bonds. The van der Waals surface area contributed by atoms with E-state index in [1.807, 2.05) is 12.2 Å². The molecular formula is C17H17FN2O3. The Hall–Kier alpha value is -2.47. The molecule has 3 rings (SSSR count). The number of benzene rings is 1. The third-order valence-electron chi connectivity index (χ3n) is 3.74. The highest BCUT2D eigenvalue weighted by molar-refractivity contribution is 5.78. The maximum Gasteiger partial charge on any atom is 0.226 e. The highest BCUT2D eigenvalue weighted by Crippen LogP contribution is 2.20. The molecule has 2 aromatic rings. The lowest BCUT2D eigenvalue weighted by molar-refractivity contribution is -0.120. The molecule has 120 valence electrons. The van der Waals surface area contributed by atoms with E-state index in [0.29, 0.717) is 23.6 Å². The van der Waals surface area contributed by atoms with E-state index in [4.69, 9.17) is 9.52 Å². The number of halogens is 1. The molecule has 2 atom stereocenters. The Morgan fingerprint density at radius 2 is 2.13 bits per heavy atom. The molecule has 0 radical (unpaired) electrons. The fourth-order valence-electron chi connectivity index (χ4n) is 2.55. The Balaban J connectivity index is 1.57. The molecule has 0 spiro atoms. The second kappa shape index (κ2) is 6.75. The molecular weight excluding hydrogens is 299 g/mol. The summed E-state index contributed by atoms with van der Waals surface area (Å²) in [4.78, 5) is 16.3. The van der Waals surface area contributed by atoms with Crippen molar-refractivity contribution in [1.82, 2.24) is 10.3 Å². The first kappa shape index (κ1) is 15.4. The van der Waals surface area contributed by atoms with Crippen molar-refractivity contribution in [2.24, 2.45) is 5.92 Å². The lowest BCUT2D eigenvalue weighted by Gasteiger charge is -2.11. The van der Waals surface area contributed by atoms with Crippen LogP contribution in [-0.2, 0) is 11.2 Å². The monoisotopic (exact) mass is 316 g/mol. The van der Waals surface area contributed by atoms with Gasteiger partial charge in [-0.2, -0.15) is 0 Å². The minimum Gasteiger partial charge on any atom is -0.444 e. The van der Waals surface area contributed by atoms with Gasteiger partial charge in [-0.05, 0) is 30.7 Å². The first-order valence-electron chi connectivity index (χ1n) is 7.43. The summed E-state index contributed by atoms with van der Waals surface area (Å²) in [5.41, 5.74) is 1.17. The molecule has 1 aromatic carbocycles. The van der Waals surface area contributed by atoms with Gasteiger partial charge in [0.25, 0.3) is 0 Å². The summed E-state index contributed by atoms with van der Waals surface area (Å²) in [5, 5.41) is 12.0. The topological polar surface area (TPSA) is 75.4 Å². The molecule has 1 aliphatic carbocycles. The first-order valence-corrected chi connectivity index (χ1v) is 7.43. The van der Waals surface area contributed by atoms with Crippen molar-refractivity contribution in [1.29, 1.82) is 0 Å². The van der Waals surface area contributed by atoms with Gasteiger partial charge in [-0.3, -0.25) is 4.79 Å². The standard InChI is InChI=1S/C17H17FN2O3/c18-13-4-2-12(3-5-13)17-20-15(10-23-17)8-16(22)19-14-6-1-11(7-14)9-21/h1-6,10-11,14,21H,7-9H2,(H,19,22)/t11-,14+/m0/s1. The van der Waals surface area contributed by atoms with Crippen molar-refractivity contribution < 1.29 is 18.7 Å². The minimum atomic E-state index is -0.328. The van der Waals surface area contributed by atoms with Crippen molar-refractivity contribution >= 4 is 5.91 Å². The zero-order chi connectivity index (χ0) is 16.2. The van der Waals surface area contributed by atoms with Crippen LogP contribution in [0.25, 0.3) is 11.5 Å². The van der Waals surface area contributed by atoms with Gasteiger partial charge in [0.05, 0.1) is 12.1 Å². The molecule has 0 bridgehead atoms. The zero-order valence-corrected chi connectivity index (χ0v) is 12.4. The number of aliphatic hydroxyl groups is 1. The van der Waals surface area contributed by atoms with Gasteiger partial charge in [-0.1, -0.05) is 12.2 Å². The van der Waals surface area contributed by atoms with Gasteiger partial charge >= 0.3 is 0 Å². The predicted octanol–water partition coefficient (Wildman–Crippen LogP) is 2.08. The van der Waals surface area contributed by atoms with Crippen molar-refractivity contribution in [3.8, 4) is 11.5 Å². The summed E-state index contributed by atoms with van der Waals surface area (Å²) in [7, 11) is 0. The van der Waals surface area contributed by atoms with Gasteiger partial charge in [0, 0.05) is 24.1 Å². The third kappa shape index (κ3) is 3.84. The summed E-state index contributed by atoms with van der Waals surface area (Å²) >= 11 is 0. The smallest absolute Gasteiger partial charge is 0.226 e. The normalized spacial score (nSPS) is 19.9.